The van der Waals surface area contributed by atoms with Crippen molar-refractivity contribution < 1.29 is 14.1 Å². The summed E-state index contributed by atoms with van der Waals surface area (Å²) < 4.78 is 12.0. The van der Waals surface area contributed by atoms with Crippen LogP contribution in [0.2, 0.25) is 5.02 Å². The van der Waals surface area contributed by atoms with Gasteiger partial charge in [-0.05, 0) is 45.3 Å². The molecule has 1 fully saturated rings. The minimum Gasteiger partial charge on any atom is -0.399 e. The average molecular weight is 310 g/mol. The molecule has 6 heteroatoms. The molecule has 0 N–H and O–H groups in total. The summed E-state index contributed by atoms with van der Waals surface area (Å²) >= 11 is 6.23. The maximum atomic E-state index is 12.0. The van der Waals surface area contributed by atoms with Crippen molar-refractivity contribution in [3.63, 3.8) is 0 Å². The highest BCUT2D eigenvalue weighted by molar-refractivity contribution is 6.62. The van der Waals surface area contributed by atoms with Gasteiger partial charge in [-0.3, -0.25) is 4.79 Å². The van der Waals surface area contributed by atoms with Crippen molar-refractivity contribution in [3.05, 3.63) is 28.8 Å². The molecule has 1 saturated heterocycles. The van der Waals surface area contributed by atoms with Gasteiger partial charge in [0.15, 0.2) is 0 Å². The molecule has 0 aliphatic carbocycles. The molecule has 0 aromatic heterocycles. The van der Waals surface area contributed by atoms with E-state index in [4.69, 9.17) is 20.9 Å². The fourth-order valence-electron chi connectivity index (χ4n) is 2.07. The molecule has 2 rings (SSSR count). The Morgan fingerprint density at radius 3 is 2.10 bits per heavy atom. The predicted molar refractivity (Wildman–Crippen MR) is 85.2 cm³/mol. The fraction of sp³-hybridized carbons (Fsp3) is 0.533. The molecule has 114 valence electrons. The molecule has 1 aromatic rings. The summed E-state index contributed by atoms with van der Waals surface area (Å²) in [4.78, 5) is 13.5. The van der Waals surface area contributed by atoms with Crippen LogP contribution in [0.15, 0.2) is 18.2 Å². The van der Waals surface area contributed by atoms with Crippen LogP contribution in [0.4, 0.5) is 0 Å². The van der Waals surface area contributed by atoms with E-state index in [0.29, 0.717) is 10.6 Å². The molecule has 0 bridgehead atoms. The fourth-order valence-corrected chi connectivity index (χ4v) is 2.34. The van der Waals surface area contributed by atoms with E-state index in [9.17, 15) is 4.79 Å². The number of hydrogen-bond acceptors (Lipinski definition) is 3. The van der Waals surface area contributed by atoms with Gasteiger partial charge < -0.3 is 14.2 Å². The van der Waals surface area contributed by atoms with Crippen LogP contribution in [0.5, 0.6) is 0 Å². The molecular weight excluding hydrogens is 288 g/mol. The second kappa shape index (κ2) is 5.31. The van der Waals surface area contributed by atoms with Crippen molar-refractivity contribution >= 4 is 30.1 Å². The third-order valence-corrected chi connectivity index (χ3v) is 4.47. The summed E-state index contributed by atoms with van der Waals surface area (Å²) in [6.07, 6.45) is 0. The third-order valence-electron chi connectivity index (χ3n) is 4.16. The molecule has 0 spiro atoms. The first-order valence-corrected chi connectivity index (χ1v) is 7.30. The first-order valence-electron chi connectivity index (χ1n) is 6.92. The van der Waals surface area contributed by atoms with Crippen molar-refractivity contribution in [2.45, 2.75) is 38.9 Å². The van der Waals surface area contributed by atoms with E-state index in [2.05, 4.69) is 0 Å². The second-order valence-corrected chi connectivity index (χ2v) is 6.93. The Labute approximate surface area is 131 Å². The van der Waals surface area contributed by atoms with E-state index >= 15 is 0 Å². The molecule has 1 aromatic carbocycles. The van der Waals surface area contributed by atoms with Gasteiger partial charge in [0, 0.05) is 14.1 Å². The van der Waals surface area contributed by atoms with Gasteiger partial charge >= 0.3 is 7.12 Å². The van der Waals surface area contributed by atoms with Crippen molar-refractivity contribution in [1.29, 1.82) is 0 Å². The summed E-state index contributed by atoms with van der Waals surface area (Å²) in [5.74, 6) is -0.125. The van der Waals surface area contributed by atoms with Gasteiger partial charge in [-0.25, -0.2) is 0 Å². The number of hydrogen-bond donors (Lipinski definition) is 0. The maximum absolute atomic E-state index is 12.0. The van der Waals surface area contributed by atoms with Gasteiger partial charge in [0.2, 0.25) is 0 Å². The van der Waals surface area contributed by atoms with Crippen molar-refractivity contribution in [1.82, 2.24) is 4.90 Å². The van der Waals surface area contributed by atoms with Gasteiger partial charge in [0.1, 0.15) is 0 Å². The molecule has 0 saturated carbocycles. The van der Waals surface area contributed by atoms with E-state index in [1.807, 2.05) is 33.8 Å². The summed E-state index contributed by atoms with van der Waals surface area (Å²) in [6.45, 7) is 7.99. The summed E-state index contributed by atoms with van der Waals surface area (Å²) in [5, 5.41) is 0.404. The molecule has 21 heavy (non-hydrogen) atoms. The standard InChI is InChI=1S/C15H21BClNO3/c1-14(2)15(3,4)21-16(20-14)10-7-8-11(12(17)9-10)13(19)18(5)6/h7-9H,1-6H3. The molecule has 0 atom stereocenters. The number of rotatable bonds is 2. The highest BCUT2D eigenvalue weighted by atomic mass is 35.5. The minimum absolute atomic E-state index is 0.125. The Bertz CT molecular complexity index is 556. The zero-order valence-electron chi connectivity index (χ0n) is 13.4. The zero-order chi connectivity index (χ0) is 16.0. The lowest BCUT2D eigenvalue weighted by Crippen LogP contribution is -2.41. The quantitative estimate of drug-likeness (QED) is 0.787. The molecular formula is C15H21BClNO3. The van der Waals surface area contributed by atoms with Crippen LogP contribution in [0.3, 0.4) is 0 Å². The largest absolute Gasteiger partial charge is 0.494 e. The maximum Gasteiger partial charge on any atom is 0.494 e. The molecule has 1 aliphatic rings. The van der Waals surface area contributed by atoms with E-state index < -0.39 is 18.3 Å². The van der Waals surface area contributed by atoms with Gasteiger partial charge in [-0.1, -0.05) is 17.7 Å². The van der Waals surface area contributed by atoms with E-state index in [0.717, 1.165) is 5.46 Å². The number of halogens is 1. The number of carbonyl (C=O) groups is 1. The first-order chi connectivity index (χ1) is 9.55. The van der Waals surface area contributed by atoms with Crippen molar-refractivity contribution in [2.75, 3.05) is 14.1 Å². The lowest BCUT2D eigenvalue weighted by Gasteiger charge is -2.32. The number of amides is 1. The number of nitrogens with zero attached hydrogens (tertiary/aromatic N) is 1. The van der Waals surface area contributed by atoms with Crippen LogP contribution in [-0.4, -0.2) is 43.2 Å². The Morgan fingerprint density at radius 1 is 1.14 bits per heavy atom. The van der Waals surface area contributed by atoms with Crippen LogP contribution >= 0.6 is 11.6 Å². The predicted octanol–water partition coefficient (Wildman–Crippen LogP) is 2.34. The molecule has 1 amide bonds. The molecule has 0 unspecified atom stereocenters. The van der Waals surface area contributed by atoms with E-state index in [1.165, 1.54) is 4.90 Å². The van der Waals surface area contributed by atoms with Crippen LogP contribution in [0.25, 0.3) is 0 Å². The molecule has 4 nitrogen and oxygen atoms in total. The lowest BCUT2D eigenvalue weighted by molar-refractivity contribution is 0.00578. The Hall–Kier alpha value is -1.04. The van der Waals surface area contributed by atoms with Crippen LogP contribution in [0, 0.1) is 0 Å². The molecule has 1 heterocycles. The van der Waals surface area contributed by atoms with Gasteiger partial charge in [0.05, 0.1) is 21.8 Å². The number of carbonyl (C=O) groups excluding carboxylic acids is 1. The van der Waals surface area contributed by atoms with Crippen LogP contribution < -0.4 is 5.46 Å². The summed E-state index contributed by atoms with van der Waals surface area (Å²) in [6, 6.07) is 5.27. The monoisotopic (exact) mass is 309 g/mol. The SMILES string of the molecule is CN(C)C(=O)c1ccc(B2OC(C)(C)C(C)(C)O2)cc1Cl. The second-order valence-electron chi connectivity index (χ2n) is 6.53. The highest BCUT2D eigenvalue weighted by Gasteiger charge is 2.51. The molecule has 0 radical (unpaired) electrons. The van der Waals surface area contributed by atoms with Gasteiger partial charge in [-0.2, -0.15) is 0 Å². The third kappa shape index (κ3) is 2.96. The minimum atomic E-state index is -0.476. The van der Waals surface area contributed by atoms with Crippen LogP contribution in [-0.2, 0) is 9.31 Å². The first kappa shape index (κ1) is 16.3. The van der Waals surface area contributed by atoms with Gasteiger partial charge in [0.25, 0.3) is 5.91 Å². The Kier molecular flexibility index (Phi) is 4.13. The summed E-state index contributed by atoms with van der Waals surface area (Å²) in [5.41, 5.74) is 0.487. The van der Waals surface area contributed by atoms with Crippen LogP contribution in [0.1, 0.15) is 38.1 Å². The number of benzene rings is 1. The van der Waals surface area contributed by atoms with E-state index in [1.54, 1.807) is 26.2 Å². The zero-order valence-corrected chi connectivity index (χ0v) is 14.1. The van der Waals surface area contributed by atoms with Crippen molar-refractivity contribution in [3.8, 4) is 0 Å². The Balaban J connectivity index is 2.28. The van der Waals surface area contributed by atoms with Gasteiger partial charge in [-0.15, -0.1) is 0 Å². The molecule has 1 aliphatic heterocycles. The van der Waals surface area contributed by atoms with Crippen molar-refractivity contribution in [2.24, 2.45) is 0 Å². The van der Waals surface area contributed by atoms with E-state index in [-0.39, 0.29) is 5.91 Å². The summed E-state index contributed by atoms with van der Waals surface area (Å²) in [7, 11) is 2.91. The normalized spacial score (nSPS) is 19.7. The Morgan fingerprint density at radius 2 is 1.67 bits per heavy atom. The average Bonchev–Trinajstić information content (AvgIpc) is 2.57. The highest BCUT2D eigenvalue weighted by Crippen LogP contribution is 2.36. The smallest absolute Gasteiger partial charge is 0.399 e. The lowest BCUT2D eigenvalue weighted by atomic mass is 9.79. The topological polar surface area (TPSA) is 38.8 Å².